The Morgan fingerprint density at radius 3 is 2.87 bits per heavy atom. The Hall–Kier alpha value is -1.07. The number of carbonyl (C=O) groups is 1. The van der Waals surface area contributed by atoms with Gasteiger partial charge in [0.1, 0.15) is 5.75 Å². The Balaban J connectivity index is 2.47. The Morgan fingerprint density at radius 2 is 2.27 bits per heavy atom. The molecule has 0 saturated heterocycles. The van der Waals surface area contributed by atoms with Crippen molar-refractivity contribution >= 4 is 21.8 Å². The van der Waals surface area contributed by atoms with Crippen molar-refractivity contribution in [3.05, 3.63) is 28.7 Å². The van der Waals surface area contributed by atoms with Crippen molar-refractivity contribution in [2.24, 2.45) is 0 Å². The van der Waals surface area contributed by atoms with Crippen molar-refractivity contribution < 1.29 is 14.4 Å². The van der Waals surface area contributed by atoms with Crippen LogP contribution in [0, 0.1) is 0 Å². The summed E-state index contributed by atoms with van der Waals surface area (Å²) in [6.07, 6.45) is 0. The number of amides is 1. The van der Waals surface area contributed by atoms with Gasteiger partial charge >= 0.3 is 0 Å². The SMILES string of the molecule is CON(C)C(=O)COc1cccc(Br)c1. The molecule has 0 atom stereocenters. The fourth-order valence-corrected chi connectivity index (χ4v) is 1.27. The molecular formula is C10H12BrNO3. The molecule has 0 bridgehead atoms. The standard InChI is InChI=1S/C10H12BrNO3/c1-12(14-2)10(13)7-15-9-5-3-4-8(11)6-9/h3-6H,7H2,1-2H3. The van der Waals surface area contributed by atoms with Crippen molar-refractivity contribution in [2.75, 3.05) is 20.8 Å². The minimum atomic E-state index is -0.238. The molecule has 0 radical (unpaired) electrons. The molecule has 1 amide bonds. The van der Waals surface area contributed by atoms with Crippen molar-refractivity contribution in [1.82, 2.24) is 5.06 Å². The molecule has 0 N–H and O–H groups in total. The van der Waals surface area contributed by atoms with E-state index in [0.29, 0.717) is 5.75 Å². The normalized spacial score (nSPS) is 9.80. The highest BCUT2D eigenvalue weighted by atomic mass is 79.9. The zero-order valence-corrected chi connectivity index (χ0v) is 10.2. The minimum absolute atomic E-state index is 0.0409. The number of carbonyl (C=O) groups excluding carboxylic acids is 1. The fraction of sp³-hybridized carbons (Fsp3) is 0.300. The van der Waals surface area contributed by atoms with Crippen LogP contribution in [0.4, 0.5) is 0 Å². The van der Waals surface area contributed by atoms with E-state index in [4.69, 9.17) is 9.57 Å². The molecule has 5 heteroatoms. The van der Waals surface area contributed by atoms with Gasteiger partial charge in [0.2, 0.25) is 0 Å². The molecule has 1 aromatic rings. The number of rotatable bonds is 4. The maximum Gasteiger partial charge on any atom is 0.283 e. The van der Waals surface area contributed by atoms with E-state index in [1.807, 2.05) is 12.1 Å². The number of hydroxylamine groups is 2. The van der Waals surface area contributed by atoms with Gasteiger partial charge in [0.05, 0.1) is 7.11 Å². The van der Waals surface area contributed by atoms with Gasteiger partial charge in [-0.05, 0) is 18.2 Å². The predicted octanol–water partition coefficient (Wildman–Crippen LogP) is 1.85. The van der Waals surface area contributed by atoms with Crippen LogP contribution in [0.15, 0.2) is 28.7 Å². The number of likely N-dealkylation sites (N-methyl/N-ethyl adjacent to an activating group) is 1. The van der Waals surface area contributed by atoms with Gasteiger partial charge in [-0.25, -0.2) is 5.06 Å². The summed E-state index contributed by atoms with van der Waals surface area (Å²) in [4.78, 5) is 16.0. The van der Waals surface area contributed by atoms with E-state index in [1.165, 1.54) is 14.2 Å². The third kappa shape index (κ3) is 3.89. The van der Waals surface area contributed by atoms with Gasteiger partial charge in [-0.3, -0.25) is 9.63 Å². The quantitative estimate of drug-likeness (QED) is 0.786. The van der Waals surface area contributed by atoms with E-state index < -0.39 is 0 Å². The molecule has 0 spiro atoms. The van der Waals surface area contributed by atoms with Crippen LogP contribution < -0.4 is 4.74 Å². The van der Waals surface area contributed by atoms with E-state index in [0.717, 1.165) is 9.54 Å². The molecule has 0 fully saturated rings. The maximum atomic E-state index is 11.3. The lowest BCUT2D eigenvalue weighted by Gasteiger charge is -2.13. The lowest BCUT2D eigenvalue weighted by Crippen LogP contribution is -2.30. The van der Waals surface area contributed by atoms with E-state index in [1.54, 1.807) is 12.1 Å². The van der Waals surface area contributed by atoms with Gasteiger partial charge in [0.15, 0.2) is 6.61 Å². The first-order chi connectivity index (χ1) is 7.13. The molecule has 0 heterocycles. The molecule has 4 nitrogen and oxygen atoms in total. The van der Waals surface area contributed by atoms with Crippen molar-refractivity contribution in [2.45, 2.75) is 0 Å². The number of benzene rings is 1. The van der Waals surface area contributed by atoms with E-state index in [-0.39, 0.29) is 12.5 Å². The second-order valence-electron chi connectivity index (χ2n) is 2.82. The zero-order valence-electron chi connectivity index (χ0n) is 8.57. The van der Waals surface area contributed by atoms with E-state index >= 15 is 0 Å². The summed E-state index contributed by atoms with van der Waals surface area (Å²) in [5.41, 5.74) is 0. The number of hydrogen-bond donors (Lipinski definition) is 0. The molecule has 0 aliphatic rings. The number of halogens is 1. The summed E-state index contributed by atoms with van der Waals surface area (Å²) in [6.45, 7) is -0.0409. The van der Waals surface area contributed by atoms with Crippen LogP contribution in [0.3, 0.4) is 0 Å². The smallest absolute Gasteiger partial charge is 0.283 e. The largest absolute Gasteiger partial charge is 0.484 e. The molecule has 0 unspecified atom stereocenters. The lowest BCUT2D eigenvalue weighted by molar-refractivity contribution is -0.170. The third-order valence-corrected chi connectivity index (χ3v) is 2.28. The number of hydrogen-bond acceptors (Lipinski definition) is 3. The van der Waals surface area contributed by atoms with Gasteiger partial charge in [-0.15, -0.1) is 0 Å². The first-order valence-electron chi connectivity index (χ1n) is 4.32. The van der Waals surface area contributed by atoms with Gasteiger partial charge in [-0.1, -0.05) is 22.0 Å². The summed E-state index contributed by atoms with van der Waals surface area (Å²) < 4.78 is 6.18. The van der Waals surface area contributed by atoms with E-state index in [2.05, 4.69) is 15.9 Å². The number of nitrogens with zero attached hydrogens (tertiary/aromatic N) is 1. The van der Waals surface area contributed by atoms with Gasteiger partial charge in [-0.2, -0.15) is 0 Å². The monoisotopic (exact) mass is 273 g/mol. The highest BCUT2D eigenvalue weighted by Gasteiger charge is 2.08. The Morgan fingerprint density at radius 1 is 1.53 bits per heavy atom. The highest BCUT2D eigenvalue weighted by Crippen LogP contribution is 2.17. The number of ether oxygens (including phenoxy) is 1. The summed E-state index contributed by atoms with van der Waals surface area (Å²) in [7, 11) is 2.96. The molecule has 0 aromatic heterocycles. The average Bonchev–Trinajstić information content (AvgIpc) is 2.25. The average molecular weight is 274 g/mol. The maximum absolute atomic E-state index is 11.3. The van der Waals surface area contributed by atoms with Gasteiger partial charge < -0.3 is 4.74 Å². The van der Waals surface area contributed by atoms with Crippen LogP contribution in [0.1, 0.15) is 0 Å². The molecule has 82 valence electrons. The van der Waals surface area contributed by atoms with Crippen molar-refractivity contribution in [3.8, 4) is 5.75 Å². The van der Waals surface area contributed by atoms with E-state index in [9.17, 15) is 4.79 Å². The molecule has 1 aromatic carbocycles. The van der Waals surface area contributed by atoms with Crippen molar-refractivity contribution in [1.29, 1.82) is 0 Å². The Bertz CT molecular complexity index is 343. The van der Waals surface area contributed by atoms with Crippen LogP contribution in [0.5, 0.6) is 5.75 Å². The molecule has 0 aliphatic heterocycles. The minimum Gasteiger partial charge on any atom is -0.484 e. The van der Waals surface area contributed by atoms with Gasteiger partial charge in [0.25, 0.3) is 5.91 Å². The van der Waals surface area contributed by atoms with Crippen LogP contribution in [-0.2, 0) is 9.63 Å². The molecule has 0 aliphatic carbocycles. The highest BCUT2D eigenvalue weighted by molar-refractivity contribution is 9.10. The summed E-state index contributed by atoms with van der Waals surface area (Å²) in [5.74, 6) is 0.403. The van der Waals surface area contributed by atoms with Crippen molar-refractivity contribution in [3.63, 3.8) is 0 Å². The van der Waals surface area contributed by atoms with Crippen LogP contribution >= 0.6 is 15.9 Å². The summed E-state index contributed by atoms with van der Waals surface area (Å²) >= 11 is 3.31. The van der Waals surface area contributed by atoms with Crippen LogP contribution in [0.2, 0.25) is 0 Å². The van der Waals surface area contributed by atoms with Gasteiger partial charge in [0, 0.05) is 11.5 Å². The fourth-order valence-electron chi connectivity index (χ4n) is 0.895. The first kappa shape index (κ1) is 12.0. The predicted molar refractivity (Wildman–Crippen MR) is 59.4 cm³/mol. The second kappa shape index (κ2) is 5.72. The first-order valence-corrected chi connectivity index (χ1v) is 5.12. The summed E-state index contributed by atoms with van der Waals surface area (Å²) in [6, 6.07) is 7.30. The van der Waals surface area contributed by atoms with Crippen LogP contribution in [0.25, 0.3) is 0 Å². The Labute approximate surface area is 96.9 Å². The molecular weight excluding hydrogens is 262 g/mol. The summed E-state index contributed by atoms with van der Waals surface area (Å²) in [5, 5.41) is 1.12. The Kier molecular flexibility index (Phi) is 4.58. The molecule has 0 saturated carbocycles. The molecule has 15 heavy (non-hydrogen) atoms. The molecule has 1 rings (SSSR count). The second-order valence-corrected chi connectivity index (χ2v) is 3.74. The lowest BCUT2D eigenvalue weighted by atomic mass is 10.3. The zero-order chi connectivity index (χ0) is 11.3. The topological polar surface area (TPSA) is 38.8 Å². The third-order valence-electron chi connectivity index (χ3n) is 1.78. The van der Waals surface area contributed by atoms with Crippen LogP contribution in [-0.4, -0.2) is 31.7 Å².